The van der Waals surface area contributed by atoms with Crippen LogP contribution in [0.3, 0.4) is 0 Å². The van der Waals surface area contributed by atoms with Gasteiger partial charge in [0.05, 0.1) is 31.0 Å². The largest absolute Gasteiger partial charge is 0.444 e. The van der Waals surface area contributed by atoms with Crippen LogP contribution in [-0.4, -0.2) is 50.8 Å². The third-order valence-corrected chi connectivity index (χ3v) is 4.53. The second-order valence-corrected chi connectivity index (χ2v) is 7.64. The summed E-state index contributed by atoms with van der Waals surface area (Å²) in [7, 11) is 0. The van der Waals surface area contributed by atoms with Crippen molar-refractivity contribution in [2.75, 3.05) is 13.1 Å². The lowest BCUT2D eigenvalue weighted by atomic mass is 10.1. The molecule has 0 N–H and O–H groups in total. The summed E-state index contributed by atoms with van der Waals surface area (Å²) in [6.07, 6.45) is -0.514. The van der Waals surface area contributed by atoms with Gasteiger partial charge in [-0.15, -0.1) is 5.10 Å². The second kappa shape index (κ2) is 6.05. The smallest absolute Gasteiger partial charge is 0.410 e. The maximum absolute atomic E-state index is 13.5. The molecular formula is C18H21FN4O3. The van der Waals surface area contributed by atoms with E-state index in [0.29, 0.717) is 31.0 Å². The summed E-state index contributed by atoms with van der Waals surface area (Å²) in [4.78, 5) is 14.0. The van der Waals surface area contributed by atoms with E-state index in [-0.39, 0.29) is 24.1 Å². The van der Waals surface area contributed by atoms with Crippen LogP contribution in [0.2, 0.25) is 0 Å². The average Bonchev–Trinajstić information content (AvgIpc) is 3.17. The minimum Gasteiger partial charge on any atom is -0.444 e. The van der Waals surface area contributed by atoms with Crippen LogP contribution in [0.1, 0.15) is 32.5 Å². The molecule has 2 atom stereocenters. The highest BCUT2D eigenvalue weighted by atomic mass is 19.1. The summed E-state index contributed by atoms with van der Waals surface area (Å²) in [6, 6.07) is 6.13. The predicted molar refractivity (Wildman–Crippen MR) is 90.8 cm³/mol. The fourth-order valence-corrected chi connectivity index (χ4v) is 3.39. The van der Waals surface area contributed by atoms with E-state index in [4.69, 9.17) is 9.47 Å². The average molecular weight is 360 g/mol. The lowest BCUT2D eigenvalue weighted by molar-refractivity contribution is -0.00718. The number of nitrogens with zero attached hydrogens (tertiary/aromatic N) is 4. The number of amides is 1. The van der Waals surface area contributed by atoms with E-state index in [1.54, 1.807) is 21.7 Å². The fraction of sp³-hybridized carbons (Fsp3) is 0.500. The molecular weight excluding hydrogens is 339 g/mol. The minimum absolute atomic E-state index is 0.124. The molecule has 1 unspecified atom stereocenters. The Labute approximate surface area is 150 Å². The Morgan fingerprint density at radius 2 is 2.15 bits per heavy atom. The number of hydrogen-bond donors (Lipinski definition) is 0. The van der Waals surface area contributed by atoms with Gasteiger partial charge in [0.2, 0.25) is 0 Å². The first-order valence-electron chi connectivity index (χ1n) is 8.61. The van der Waals surface area contributed by atoms with E-state index in [1.165, 1.54) is 12.1 Å². The molecule has 1 fully saturated rings. The van der Waals surface area contributed by atoms with Crippen molar-refractivity contribution in [3.63, 3.8) is 0 Å². The number of benzene rings is 1. The third-order valence-electron chi connectivity index (χ3n) is 4.53. The van der Waals surface area contributed by atoms with Crippen LogP contribution in [-0.2, 0) is 16.1 Å². The zero-order valence-electron chi connectivity index (χ0n) is 15.0. The summed E-state index contributed by atoms with van der Waals surface area (Å²) in [6.45, 7) is 6.73. The van der Waals surface area contributed by atoms with Gasteiger partial charge in [0.15, 0.2) is 0 Å². The molecule has 0 bridgehead atoms. The monoisotopic (exact) mass is 360 g/mol. The molecule has 1 saturated heterocycles. The second-order valence-electron chi connectivity index (χ2n) is 7.64. The van der Waals surface area contributed by atoms with Crippen molar-refractivity contribution in [1.82, 2.24) is 19.9 Å². The molecule has 1 amide bonds. The van der Waals surface area contributed by atoms with E-state index in [0.717, 1.165) is 5.69 Å². The number of hydrogen-bond acceptors (Lipinski definition) is 5. The van der Waals surface area contributed by atoms with E-state index in [1.807, 2.05) is 20.8 Å². The van der Waals surface area contributed by atoms with Crippen LogP contribution in [0, 0.1) is 5.82 Å². The first-order chi connectivity index (χ1) is 12.3. The Morgan fingerprint density at radius 3 is 2.88 bits per heavy atom. The predicted octanol–water partition coefficient (Wildman–Crippen LogP) is 2.77. The van der Waals surface area contributed by atoms with Gasteiger partial charge >= 0.3 is 6.09 Å². The number of halogens is 1. The van der Waals surface area contributed by atoms with Crippen molar-refractivity contribution < 1.29 is 18.7 Å². The summed E-state index contributed by atoms with van der Waals surface area (Å²) in [5.41, 5.74) is 1.52. The van der Waals surface area contributed by atoms with Crippen molar-refractivity contribution in [1.29, 1.82) is 0 Å². The maximum atomic E-state index is 13.5. The number of fused-ring (bicyclic) bond motifs is 3. The highest BCUT2D eigenvalue weighted by molar-refractivity contribution is 5.69. The van der Waals surface area contributed by atoms with Gasteiger partial charge in [0, 0.05) is 12.1 Å². The van der Waals surface area contributed by atoms with E-state index in [2.05, 4.69) is 10.3 Å². The summed E-state index contributed by atoms with van der Waals surface area (Å²) >= 11 is 0. The summed E-state index contributed by atoms with van der Waals surface area (Å²) in [5, 5.41) is 8.49. The lowest BCUT2D eigenvalue weighted by Crippen LogP contribution is -2.36. The Morgan fingerprint density at radius 1 is 1.35 bits per heavy atom. The van der Waals surface area contributed by atoms with Crippen molar-refractivity contribution >= 4 is 6.09 Å². The van der Waals surface area contributed by atoms with Crippen LogP contribution in [0.5, 0.6) is 0 Å². The van der Waals surface area contributed by atoms with Crippen molar-refractivity contribution in [2.45, 2.75) is 45.1 Å². The minimum atomic E-state index is -0.547. The summed E-state index contributed by atoms with van der Waals surface area (Å²) in [5.74, 6) is -0.323. The van der Waals surface area contributed by atoms with Crippen LogP contribution in [0.4, 0.5) is 9.18 Å². The Hall–Kier alpha value is -2.48. The number of likely N-dealkylation sites (tertiary alicyclic amines) is 1. The zero-order chi connectivity index (χ0) is 18.5. The van der Waals surface area contributed by atoms with Crippen LogP contribution in [0.15, 0.2) is 24.3 Å². The number of carbonyl (C=O) groups is 1. The van der Waals surface area contributed by atoms with Crippen LogP contribution < -0.4 is 0 Å². The fourth-order valence-electron chi connectivity index (χ4n) is 3.39. The van der Waals surface area contributed by atoms with Gasteiger partial charge in [-0.05, 0) is 32.9 Å². The molecule has 0 spiro atoms. The highest BCUT2D eigenvalue weighted by Crippen LogP contribution is 2.34. The molecule has 2 aromatic rings. The van der Waals surface area contributed by atoms with E-state index >= 15 is 0 Å². The zero-order valence-corrected chi connectivity index (χ0v) is 15.0. The first kappa shape index (κ1) is 17.0. The summed E-state index contributed by atoms with van der Waals surface area (Å²) < 4.78 is 26.7. The standard InChI is InChI=1S/C18H21FN4O3/c1-18(2,3)26-17(24)22-8-13-15(9-22)25-10-14-16(20-21-23(13)14)11-5-4-6-12(19)7-11/h4-7,13,15H,8-10H2,1-3H3/t13?,15-/m0/s1. The normalized spacial score (nSPS) is 22.1. The highest BCUT2D eigenvalue weighted by Gasteiger charge is 2.43. The molecule has 1 aromatic heterocycles. The molecule has 2 aliphatic rings. The molecule has 3 heterocycles. The van der Waals surface area contributed by atoms with Gasteiger partial charge in [-0.2, -0.15) is 0 Å². The van der Waals surface area contributed by atoms with Gasteiger partial charge in [-0.3, -0.25) is 0 Å². The molecule has 1 aromatic carbocycles. The van der Waals surface area contributed by atoms with Gasteiger partial charge in [0.25, 0.3) is 0 Å². The molecule has 0 saturated carbocycles. The first-order valence-corrected chi connectivity index (χ1v) is 8.61. The van der Waals surface area contributed by atoms with Gasteiger partial charge in [-0.1, -0.05) is 17.3 Å². The molecule has 2 aliphatic heterocycles. The lowest BCUT2D eigenvalue weighted by Gasteiger charge is -2.26. The van der Waals surface area contributed by atoms with Gasteiger partial charge in [0.1, 0.15) is 17.1 Å². The van der Waals surface area contributed by atoms with E-state index in [9.17, 15) is 9.18 Å². The molecule has 138 valence electrons. The SMILES string of the molecule is CC(C)(C)OC(=O)N1CC2[C@H](C1)OCc1c(-c3cccc(F)c3)nnn12. The molecule has 4 rings (SSSR count). The molecule has 0 aliphatic carbocycles. The van der Waals surface area contributed by atoms with Crippen molar-refractivity contribution in [3.8, 4) is 11.3 Å². The van der Waals surface area contributed by atoms with E-state index < -0.39 is 5.60 Å². The van der Waals surface area contributed by atoms with Gasteiger partial charge in [-0.25, -0.2) is 13.9 Å². The maximum Gasteiger partial charge on any atom is 0.410 e. The van der Waals surface area contributed by atoms with Crippen LogP contribution >= 0.6 is 0 Å². The Bertz CT molecular complexity index is 845. The molecule has 7 nitrogen and oxygen atoms in total. The number of aromatic nitrogens is 3. The Kier molecular flexibility index (Phi) is 3.95. The van der Waals surface area contributed by atoms with Crippen molar-refractivity contribution in [2.24, 2.45) is 0 Å². The molecule has 26 heavy (non-hydrogen) atoms. The number of ether oxygens (including phenoxy) is 2. The third kappa shape index (κ3) is 3.05. The number of rotatable bonds is 1. The van der Waals surface area contributed by atoms with Crippen molar-refractivity contribution in [3.05, 3.63) is 35.8 Å². The van der Waals surface area contributed by atoms with Crippen LogP contribution in [0.25, 0.3) is 11.3 Å². The number of carbonyl (C=O) groups excluding carboxylic acids is 1. The Balaban J connectivity index is 1.58. The molecule has 8 heteroatoms. The quantitative estimate of drug-likeness (QED) is 0.782. The van der Waals surface area contributed by atoms with Gasteiger partial charge < -0.3 is 14.4 Å². The molecule has 0 radical (unpaired) electrons. The topological polar surface area (TPSA) is 69.5 Å².